The third kappa shape index (κ3) is 1.87. The molecule has 2 rings (SSSR count). The van der Waals surface area contributed by atoms with E-state index >= 15 is 0 Å². The number of likely N-dealkylation sites (tertiary alicyclic amines) is 1. The van der Waals surface area contributed by atoms with Gasteiger partial charge < -0.3 is 10.2 Å². The van der Waals surface area contributed by atoms with Gasteiger partial charge in [0.05, 0.1) is 0 Å². The van der Waals surface area contributed by atoms with Gasteiger partial charge in [0.25, 0.3) is 0 Å². The fraction of sp³-hybridized carbons (Fsp3) is 0.750. The van der Waals surface area contributed by atoms with Crippen molar-refractivity contribution >= 4 is 6.03 Å². The molecule has 0 bridgehead atoms. The molecule has 2 amide bonds. The Hall–Kier alpha value is -0.990. The zero-order valence-electron chi connectivity index (χ0n) is 9.62. The van der Waals surface area contributed by atoms with Gasteiger partial charge in [0.15, 0.2) is 0 Å². The minimum Gasteiger partial charge on any atom is -0.338 e. The van der Waals surface area contributed by atoms with Gasteiger partial charge in [-0.05, 0) is 33.1 Å². The summed E-state index contributed by atoms with van der Waals surface area (Å²) in [6.45, 7) is 5.82. The molecular weight excluding hydrogens is 188 g/mol. The zero-order valence-corrected chi connectivity index (χ0v) is 9.62. The largest absolute Gasteiger partial charge is 0.338 e. The second kappa shape index (κ2) is 4.25. The summed E-state index contributed by atoms with van der Waals surface area (Å²) in [5.74, 6) is 0.626. The molecule has 1 aliphatic heterocycles. The molecule has 3 heteroatoms. The Balaban J connectivity index is 2.05. The number of carbonyl (C=O) groups is 1. The number of nitrogens with one attached hydrogen (secondary N) is 1. The standard InChI is InChI=1S/C12H20N2O/c1-3-13-12(15)14-8-4-5-10-9(2)6-7-11(10)14/h6,10-11H,3-5,7-8H2,1-2H3,(H,13,15). The summed E-state index contributed by atoms with van der Waals surface area (Å²) in [5, 5.41) is 2.91. The number of nitrogens with zero attached hydrogens (tertiary/aromatic N) is 1. The molecule has 1 saturated heterocycles. The van der Waals surface area contributed by atoms with Crippen LogP contribution in [0, 0.1) is 5.92 Å². The average Bonchev–Trinajstić information content (AvgIpc) is 2.61. The molecule has 84 valence electrons. The lowest BCUT2D eigenvalue weighted by molar-refractivity contribution is 0.134. The van der Waals surface area contributed by atoms with Crippen molar-refractivity contribution < 1.29 is 4.79 Å². The second-order valence-electron chi connectivity index (χ2n) is 4.53. The molecule has 2 unspecified atom stereocenters. The van der Waals surface area contributed by atoms with Gasteiger partial charge in [-0.25, -0.2) is 4.79 Å². The Bertz CT molecular complexity index is 285. The van der Waals surface area contributed by atoms with Crippen molar-refractivity contribution in [1.82, 2.24) is 10.2 Å². The lowest BCUT2D eigenvalue weighted by Crippen LogP contribution is -2.50. The summed E-state index contributed by atoms with van der Waals surface area (Å²) in [4.78, 5) is 13.9. The van der Waals surface area contributed by atoms with Gasteiger partial charge in [0, 0.05) is 25.0 Å². The van der Waals surface area contributed by atoms with Gasteiger partial charge in [-0.2, -0.15) is 0 Å². The van der Waals surface area contributed by atoms with Crippen molar-refractivity contribution in [3.8, 4) is 0 Å². The van der Waals surface area contributed by atoms with Crippen LogP contribution in [0.4, 0.5) is 4.79 Å². The monoisotopic (exact) mass is 208 g/mol. The molecule has 0 spiro atoms. The third-order valence-electron chi connectivity index (χ3n) is 3.63. The van der Waals surface area contributed by atoms with Crippen LogP contribution in [0.3, 0.4) is 0 Å². The van der Waals surface area contributed by atoms with Crippen LogP contribution < -0.4 is 5.32 Å². The van der Waals surface area contributed by atoms with Crippen LogP contribution in [0.2, 0.25) is 0 Å². The molecule has 1 aliphatic carbocycles. The lowest BCUT2D eigenvalue weighted by Gasteiger charge is -2.38. The molecule has 0 aromatic carbocycles. The Labute approximate surface area is 91.5 Å². The van der Waals surface area contributed by atoms with E-state index in [1.54, 1.807) is 0 Å². The van der Waals surface area contributed by atoms with E-state index in [0.29, 0.717) is 12.0 Å². The fourth-order valence-corrected chi connectivity index (χ4v) is 2.84. The van der Waals surface area contributed by atoms with E-state index in [1.165, 1.54) is 12.0 Å². The third-order valence-corrected chi connectivity index (χ3v) is 3.63. The molecule has 1 N–H and O–H groups in total. The van der Waals surface area contributed by atoms with E-state index in [4.69, 9.17) is 0 Å². The van der Waals surface area contributed by atoms with E-state index in [1.807, 2.05) is 11.8 Å². The maximum atomic E-state index is 11.8. The van der Waals surface area contributed by atoms with Crippen molar-refractivity contribution in [1.29, 1.82) is 0 Å². The number of hydrogen-bond acceptors (Lipinski definition) is 1. The predicted octanol–water partition coefficient (Wildman–Crippen LogP) is 2.15. The average molecular weight is 208 g/mol. The van der Waals surface area contributed by atoms with E-state index in [0.717, 1.165) is 25.9 Å². The fourth-order valence-electron chi connectivity index (χ4n) is 2.84. The van der Waals surface area contributed by atoms with Crippen molar-refractivity contribution in [2.45, 2.75) is 39.2 Å². The summed E-state index contributed by atoms with van der Waals surface area (Å²) in [7, 11) is 0. The quantitative estimate of drug-likeness (QED) is 0.658. The number of fused-ring (bicyclic) bond motifs is 1. The summed E-state index contributed by atoms with van der Waals surface area (Å²) in [6.07, 6.45) is 5.74. The highest BCUT2D eigenvalue weighted by atomic mass is 16.2. The molecule has 1 fully saturated rings. The van der Waals surface area contributed by atoms with Gasteiger partial charge in [0.2, 0.25) is 0 Å². The lowest BCUT2D eigenvalue weighted by atomic mass is 9.88. The molecule has 15 heavy (non-hydrogen) atoms. The second-order valence-corrected chi connectivity index (χ2v) is 4.53. The van der Waals surface area contributed by atoms with Crippen LogP contribution in [0.15, 0.2) is 11.6 Å². The van der Waals surface area contributed by atoms with Crippen LogP contribution in [-0.2, 0) is 0 Å². The van der Waals surface area contributed by atoms with Crippen LogP contribution in [0.1, 0.15) is 33.1 Å². The van der Waals surface area contributed by atoms with Crippen LogP contribution >= 0.6 is 0 Å². The topological polar surface area (TPSA) is 32.3 Å². The van der Waals surface area contributed by atoms with E-state index < -0.39 is 0 Å². The molecule has 0 radical (unpaired) electrons. The number of amides is 2. The molecule has 0 saturated carbocycles. The van der Waals surface area contributed by atoms with Crippen molar-refractivity contribution in [2.75, 3.05) is 13.1 Å². The molecule has 0 aromatic heterocycles. The van der Waals surface area contributed by atoms with E-state index in [9.17, 15) is 4.79 Å². The predicted molar refractivity (Wildman–Crippen MR) is 60.7 cm³/mol. The Morgan fingerprint density at radius 1 is 1.67 bits per heavy atom. The molecule has 0 aromatic rings. The summed E-state index contributed by atoms with van der Waals surface area (Å²) >= 11 is 0. The highest BCUT2D eigenvalue weighted by Gasteiger charge is 2.37. The zero-order chi connectivity index (χ0) is 10.8. The molecule has 2 aliphatic rings. The van der Waals surface area contributed by atoms with Gasteiger partial charge in [-0.15, -0.1) is 0 Å². The normalized spacial score (nSPS) is 29.7. The first-order valence-corrected chi connectivity index (χ1v) is 5.95. The van der Waals surface area contributed by atoms with Gasteiger partial charge in [-0.3, -0.25) is 0 Å². The van der Waals surface area contributed by atoms with Crippen molar-refractivity contribution in [2.24, 2.45) is 5.92 Å². The SMILES string of the molecule is CCNC(=O)N1CCCC2C(C)=CCC21. The number of urea groups is 1. The molecule has 2 atom stereocenters. The minimum atomic E-state index is 0.121. The first-order valence-electron chi connectivity index (χ1n) is 5.95. The minimum absolute atomic E-state index is 0.121. The van der Waals surface area contributed by atoms with Crippen LogP contribution in [-0.4, -0.2) is 30.1 Å². The highest BCUT2D eigenvalue weighted by molar-refractivity contribution is 5.74. The molecule has 1 heterocycles. The Kier molecular flexibility index (Phi) is 2.98. The summed E-state index contributed by atoms with van der Waals surface area (Å²) in [5.41, 5.74) is 1.48. The number of hydrogen-bond donors (Lipinski definition) is 1. The Morgan fingerprint density at radius 2 is 2.47 bits per heavy atom. The number of rotatable bonds is 1. The van der Waals surface area contributed by atoms with E-state index in [2.05, 4.69) is 18.3 Å². The van der Waals surface area contributed by atoms with Gasteiger partial charge in [-0.1, -0.05) is 11.6 Å². The smallest absolute Gasteiger partial charge is 0.317 e. The van der Waals surface area contributed by atoms with Crippen LogP contribution in [0.5, 0.6) is 0 Å². The first kappa shape index (κ1) is 10.5. The first-order chi connectivity index (χ1) is 7.24. The maximum Gasteiger partial charge on any atom is 0.317 e. The van der Waals surface area contributed by atoms with Gasteiger partial charge in [0.1, 0.15) is 0 Å². The molecule has 3 nitrogen and oxygen atoms in total. The van der Waals surface area contributed by atoms with E-state index in [-0.39, 0.29) is 6.03 Å². The Morgan fingerprint density at radius 3 is 3.20 bits per heavy atom. The number of carbonyl (C=O) groups excluding carboxylic acids is 1. The van der Waals surface area contributed by atoms with Gasteiger partial charge >= 0.3 is 6.03 Å². The summed E-state index contributed by atoms with van der Waals surface area (Å²) < 4.78 is 0. The highest BCUT2D eigenvalue weighted by Crippen LogP contribution is 2.36. The number of piperidine rings is 1. The van der Waals surface area contributed by atoms with Crippen molar-refractivity contribution in [3.63, 3.8) is 0 Å². The molecular formula is C12H20N2O. The summed E-state index contributed by atoms with van der Waals surface area (Å²) in [6, 6.07) is 0.556. The van der Waals surface area contributed by atoms with Crippen molar-refractivity contribution in [3.05, 3.63) is 11.6 Å². The maximum absolute atomic E-state index is 11.8. The van der Waals surface area contributed by atoms with Crippen LogP contribution in [0.25, 0.3) is 0 Å².